The first-order valence-electron chi connectivity index (χ1n) is 11.5. The van der Waals surface area contributed by atoms with Crippen molar-refractivity contribution >= 4 is 17.5 Å². The van der Waals surface area contributed by atoms with Crippen LogP contribution in [0.2, 0.25) is 0 Å². The fourth-order valence-corrected chi connectivity index (χ4v) is 4.89. The maximum atomic E-state index is 13.7. The van der Waals surface area contributed by atoms with Crippen molar-refractivity contribution in [3.63, 3.8) is 0 Å². The van der Waals surface area contributed by atoms with Crippen molar-refractivity contribution in [3.05, 3.63) is 53.1 Å². The standard InChI is InChI=1S/C26H32N2O4/c1-31-23-15-14-19(16-24(23)32-2)26(30)28(17-25(29)27-20-10-4-5-11-20)22-13-7-9-18-8-3-6-12-21(18)22/h7,9,13-16,20H,3-6,8,10-12,17H2,1-2H3,(H,27,29). The topological polar surface area (TPSA) is 67.9 Å². The van der Waals surface area contributed by atoms with Gasteiger partial charge in [-0.3, -0.25) is 14.5 Å². The van der Waals surface area contributed by atoms with Gasteiger partial charge in [0, 0.05) is 17.3 Å². The highest BCUT2D eigenvalue weighted by molar-refractivity contribution is 6.09. The van der Waals surface area contributed by atoms with Gasteiger partial charge in [-0.25, -0.2) is 0 Å². The lowest BCUT2D eigenvalue weighted by Crippen LogP contribution is -2.44. The summed E-state index contributed by atoms with van der Waals surface area (Å²) in [4.78, 5) is 28.3. The van der Waals surface area contributed by atoms with Crippen LogP contribution in [0.4, 0.5) is 5.69 Å². The van der Waals surface area contributed by atoms with E-state index in [-0.39, 0.29) is 24.4 Å². The molecule has 0 radical (unpaired) electrons. The first-order chi connectivity index (χ1) is 15.6. The van der Waals surface area contributed by atoms with Crippen molar-refractivity contribution in [2.24, 2.45) is 0 Å². The summed E-state index contributed by atoms with van der Waals surface area (Å²) in [5.74, 6) is 0.723. The van der Waals surface area contributed by atoms with Crippen LogP contribution < -0.4 is 19.7 Å². The van der Waals surface area contributed by atoms with Gasteiger partial charge in [-0.05, 0) is 73.9 Å². The van der Waals surface area contributed by atoms with Crippen molar-refractivity contribution in [2.75, 3.05) is 25.7 Å². The van der Waals surface area contributed by atoms with E-state index in [1.54, 1.807) is 37.3 Å². The van der Waals surface area contributed by atoms with E-state index >= 15 is 0 Å². The number of carbonyl (C=O) groups excluding carboxylic acids is 2. The number of aryl methyl sites for hydroxylation is 1. The molecule has 6 heteroatoms. The van der Waals surface area contributed by atoms with E-state index in [4.69, 9.17) is 9.47 Å². The van der Waals surface area contributed by atoms with Gasteiger partial charge in [-0.1, -0.05) is 25.0 Å². The van der Waals surface area contributed by atoms with Crippen molar-refractivity contribution in [1.82, 2.24) is 5.32 Å². The third-order valence-electron chi connectivity index (χ3n) is 6.56. The van der Waals surface area contributed by atoms with Crippen LogP contribution in [0.15, 0.2) is 36.4 Å². The number of methoxy groups -OCH3 is 2. The number of ether oxygens (including phenoxy) is 2. The zero-order valence-corrected chi connectivity index (χ0v) is 19.0. The molecule has 0 bridgehead atoms. The fraction of sp³-hybridized carbons (Fsp3) is 0.462. The molecule has 0 heterocycles. The molecule has 2 aromatic carbocycles. The Morgan fingerprint density at radius 2 is 1.72 bits per heavy atom. The number of carbonyl (C=O) groups is 2. The molecular weight excluding hydrogens is 404 g/mol. The molecule has 1 saturated carbocycles. The summed E-state index contributed by atoms with van der Waals surface area (Å²) in [5.41, 5.74) is 3.75. The largest absolute Gasteiger partial charge is 0.493 e. The molecule has 2 aliphatic rings. The van der Waals surface area contributed by atoms with E-state index in [0.717, 1.165) is 57.1 Å². The first-order valence-corrected chi connectivity index (χ1v) is 11.5. The number of rotatable bonds is 7. The Kier molecular flexibility index (Phi) is 6.98. The van der Waals surface area contributed by atoms with Crippen LogP contribution in [0.3, 0.4) is 0 Å². The van der Waals surface area contributed by atoms with Crippen LogP contribution in [0.25, 0.3) is 0 Å². The van der Waals surface area contributed by atoms with Gasteiger partial charge in [-0.2, -0.15) is 0 Å². The monoisotopic (exact) mass is 436 g/mol. The molecule has 0 saturated heterocycles. The summed E-state index contributed by atoms with van der Waals surface area (Å²) in [6, 6.07) is 11.4. The summed E-state index contributed by atoms with van der Waals surface area (Å²) in [6.07, 6.45) is 8.49. The molecule has 4 rings (SSSR count). The Hall–Kier alpha value is -3.02. The maximum absolute atomic E-state index is 13.7. The summed E-state index contributed by atoms with van der Waals surface area (Å²) in [7, 11) is 3.11. The molecule has 6 nitrogen and oxygen atoms in total. The number of anilines is 1. The van der Waals surface area contributed by atoms with E-state index in [9.17, 15) is 9.59 Å². The molecule has 1 fully saturated rings. The van der Waals surface area contributed by atoms with E-state index in [2.05, 4.69) is 11.4 Å². The SMILES string of the molecule is COc1ccc(C(=O)N(CC(=O)NC2CCCC2)c2cccc3c2CCCC3)cc1OC. The molecule has 0 aliphatic heterocycles. The minimum absolute atomic E-state index is 0.000130. The zero-order valence-electron chi connectivity index (χ0n) is 19.0. The lowest BCUT2D eigenvalue weighted by Gasteiger charge is -2.28. The van der Waals surface area contributed by atoms with Gasteiger partial charge in [0.1, 0.15) is 6.54 Å². The quantitative estimate of drug-likeness (QED) is 0.703. The lowest BCUT2D eigenvalue weighted by molar-refractivity contribution is -0.120. The van der Waals surface area contributed by atoms with Crippen LogP contribution in [0.1, 0.15) is 60.0 Å². The van der Waals surface area contributed by atoms with Crippen LogP contribution in [0, 0.1) is 0 Å². The molecule has 2 amide bonds. The number of nitrogens with one attached hydrogen (secondary N) is 1. The number of amides is 2. The van der Waals surface area contributed by atoms with Crippen molar-refractivity contribution in [2.45, 2.75) is 57.4 Å². The molecule has 2 aromatic rings. The van der Waals surface area contributed by atoms with E-state index in [1.165, 1.54) is 11.1 Å². The van der Waals surface area contributed by atoms with E-state index < -0.39 is 0 Å². The smallest absolute Gasteiger partial charge is 0.258 e. The second-order valence-electron chi connectivity index (χ2n) is 8.63. The molecule has 0 spiro atoms. The number of fused-ring (bicyclic) bond motifs is 1. The van der Waals surface area contributed by atoms with Crippen molar-refractivity contribution < 1.29 is 19.1 Å². The first kappa shape index (κ1) is 22.2. The maximum Gasteiger partial charge on any atom is 0.258 e. The molecule has 0 unspecified atom stereocenters. The third kappa shape index (κ3) is 4.74. The highest BCUT2D eigenvalue weighted by atomic mass is 16.5. The van der Waals surface area contributed by atoms with Gasteiger partial charge in [0.2, 0.25) is 5.91 Å². The van der Waals surface area contributed by atoms with Gasteiger partial charge in [0.05, 0.1) is 14.2 Å². The Labute approximate surface area is 189 Å². The van der Waals surface area contributed by atoms with Gasteiger partial charge >= 0.3 is 0 Å². The van der Waals surface area contributed by atoms with E-state index in [1.807, 2.05) is 12.1 Å². The summed E-state index contributed by atoms with van der Waals surface area (Å²) in [5, 5.41) is 3.13. The fourth-order valence-electron chi connectivity index (χ4n) is 4.89. The molecule has 0 aromatic heterocycles. The minimum atomic E-state index is -0.216. The van der Waals surface area contributed by atoms with Gasteiger partial charge in [0.15, 0.2) is 11.5 Å². The highest BCUT2D eigenvalue weighted by Gasteiger charge is 2.27. The Balaban J connectivity index is 1.67. The number of hydrogen-bond acceptors (Lipinski definition) is 4. The summed E-state index contributed by atoms with van der Waals surface area (Å²) < 4.78 is 10.7. The van der Waals surface area contributed by atoms with Gasteiger partial charge in [0.25, 0.3) is 5.91 Å². The van der Waals surface area contributed by atoms with Crippen molar-refractivity contribution in [3.8, 4) is 11.5 Å². The Morgan fingerprint density at radius 3 is 2.47 bits per heavy atom. The summed E-state index contributed by atoms with van der Waals surface area (Å²) >= 11 is 0. The van der Waals surface area contributed by atoms with Crippen molar-refractivity contribution in [1.29, 1.82) is 0 Å². The van der Waals surface area contributed by atoms with Gasteiger partial charge < -0.3 is 14.8 Å². The predicted octanol–water partition coefficient (Wildman–Crippen LogP) is 4.29. The normalized spacial score (nSPS) is 15.7. The van der Waals surface area contributed by atoms with Crippen LogP contribution in [0.5, 0.6) is 11.5 Å². The molecule has 0 atom stereocenters. The summed E-state index contributed by atoms with van der Waals surface area (Å²) in [6.45, 7) is 0.000130. The third-order valence-corrected chi connectivity index (χ3v) is 6.56. The minimum Gasteiger partial charge on any atom is -0.493 e. The predicted molar refractivity (Wildman–Crippen MR) is 125 cm³/mol. The second kappa shape index (κ2) is 10.1. The van der Waals surface area contributed by atoms with Crippen LogP contribution in [-0.2, 0) is 17.6 Å². The van der Waals surface area contributed by atoms with E-state index in [0.29, 0.717) is 17.1 Å². The lowest BCUT2D eigenvalue weighted by atomic mass is 9.90. The highest BCUT2D eigenvalue weighted by Crippen LogP contribution is 2.33. The molecule has 2 aliphatic carbocycles. The molecule has 32 heavy (non-hydrogen) atoms. The van der Waals surface area contributed by atoms with Crippen LogP contribution >= 0.6 is 0 Å². The molecule has 1 N–H and O–H groups in total. The Morgan fingerprint density at radius 1 is 0.969 bits per heavy atom. The number of nitrogens with zero attached hydrogens (tertiary/aromatic N) is 1. The number of hydrogen-bond donors (Lipinski definition) is 1. The second-order valence-corrected chi connectivity index (χ2v) is 8.63. The zero-order chi connectivity index (χ0) is 22.5. The molecule has 170 valence electrons. The average molecular weight is 437 g/mol. The van der Waals surface area contributed by atoms with Gasteiger partial charge in [-0.15, -0.1) is 0 Å². The number of benzene rings is 2. The Bertz CT molecular complexity index is 982. The van der Waals surface area contributed by atoms with Crippen LogP contribution in [-0.4, -0.2) is 38.6 Å². The average Bonchev–Trinajstić information content (AvgIpc) is 3.34. The molecular formula is C26H32N2O4.